The molecule has 236 valence electrons. The normalized spacial score (nSPS) is 16.6. The lowest BCUT2D eigenvalue weighted by molar-refractivity contribution is 0.409. The molecule has 11 rings (SSSR count). The van der Waals surface area contributed by atoms with Crippen molar-refractivity contribution in [1.82, 2.24) is 19.4 Å². The molecule has 2 atom stereocenters. The molecular formula is C45H31N5. The lowest BCUT2D eigenvalue weighted by Gasteiger charge is -2.32. The number of aromatic nitrogens is 2. The standard InChI is InChI=1S/C45H31N5/c1-3-13-28(14-4-1)43-46-44(29-15-5-2-6-16-29)48-45(47-43)30-25-26-38-36(27-30)35-21-12-20-34-33-19-11-18-32-31-17-7-8-22-37(31)49(41(32)33)39-23-9-10-24-40(39)50(38)42(34)35/h1-27,43-44,46H,(H,47,48). The average Bonchev–Trinajstić information content (AvgIpc) is 3.70. The molecule has 7 aromatic carbocycles. The van der Waals surface area contributed by atoms with Crippen LogP contribution >= 0.6 is 0 Å². The molecule has 1 aliphatic rings. The molecule has 5 heteroatoms. The van der Waals surface area contributed by atoms with Crippen molar-refractivity contribution >= 4 is 71.3 Å². The molecule has 0 amide bonds. The van der Waals surface area contributed by atoms with Gasteiger partial charge in [-0.05, 0) is 47.5 Å². The van der Waals surface area contributed by atoms with E-state index in [9.17, 15) is 0 Å². The summed E-state index contributed by atoms with van der Waals surface area (Å²) in [4.78, 5) is 5.27. The highest BCUT2D eigenvalue weighted by Gasteiger charge is 2.26. The average molecular weight is 642 g/mol. The molecule has 0 saturated carbocycles. The lowest BCUT2D eigenvalue weighted by atomic mass is 10.0. The Labute approximate surface area is 287 Å². The Bertz CT molecular complexity index is 2990. The molecule has 2 N–H and O–H groups in total. The highest BCUT2D eigenvalue weighted by Crippen LogP contribution is 2.40. The van der Waals surface area contributed by atoms with Crippen molar-refractivity contribution in [2.45, 2.75) is 12.3 Å². The molecule has 4 heterocycles. The van der Waals surface area contributed by atoms with E-state index in [1.54, 1.807) is 0 Å². The third-order valence-corrected chi connectivity index (χ3v) is 10.5. The zero-order chi connectivity index (χ0) is 32.8. The lowest BCUT2D eigenvalue weighted by Crippen LogP contribution is -2.44. The number of para-hydroxylation sites is 5. The summed E-state index contributed by atoms with van der Waals surface area (Å²) < 4.78 is 4.95. The van der Waals surface area contributed by atoms with Crippen LogP contribution in [0.4, 0.5) is 0 Å². The predicted octanol–water partition coefficient (Wildman–Crippen LogP) is 10.3. The van der Waals surface area contributed by atoms with Crippen molar-refractivity contribution in [2.24, 2.45) is 4.99 Å². The van der Waals surface area contributed by atoms with E-state index in [1.807, 2.05) is 0 Å². The number of hydrogen-bond donors (Lipinski definition) is 2. The molecule has 50 heavy (non-hydrogen) atoms. The molecular weight excluding hydrogens is 611 g/mol. The van der Waals surface area contributed by atoms with Crippen molar-refractivity contribution in [2.75, 3.05) is 0 Å². The second-order valence-electron chi connectivity index (χ2n) is 13.3. The van der Waals surface area contributed by atoms with Crippen LogP contribution in [0.3, 0.4) is 0 Å². The topological polar surface area (TPSA) is 45.2 Å². The number of amidine groups is 1. The second kappa shape index (κ2) is 10.5. The van der Waals surface area contributed by atoms with Gasteiger partial charge in [0, 0.05) is 37.9 Å². The van der Waals surface area contributed by atoms with Crippen LogP contribution in [0, 0.1) is 0 Å². The number of aliphatic imine (C=N–C) groups is 1. The number of hydrogen-bond acceptors (Lipinski definition) is 3. The summed E-state index contributed by atoms with van der Waals surface area (Å²) in [6.45, 7) is 0. The fraction of sp³-hybridized carbons (Fsp3) is 0.0444. The van der Waals surface area contributed by atoms with Crippen molar-refractivity contribution in [3.8, 4) is 0 Å². The van der Waals surface area contributed by atoms with Crippen molar-refractivity contribution < 1.29 is 0 Å². The van der Waals surface area contributed by atoms with Gasteiger partial charge >= 0.3 is 0 Å². The van der Waals surface area contributed by atoms with Crippen LogP contribution in [0.25, 0.3) is 65.4 Å². The minimum absolute atomic E-state index is 0.0939. The Balaban J connectivity index is 1.23. The van der Waals surface area contributed by atoms with Gasteiger partial charge in [0.1, 0.15) is 18.2 Å². The first-order valence-corrected chi connectivity index (χ1v) is 17.2. The van der Waals surface area contributed by atoms with Crippen molar-refractivity contribution in [1.29, 1.82) is 0 Å². The van der Waals surface area contributed by atoms with Gasteiger partial charge in [0.15, 0.2) is 0 Å². The summed E-state index contributed by atoms with van der Waals surface area (Å²) in [5.41, 5.74) is 10.6. The summed E-state index contributed by atoms with van der Waals surface area (Å²) >= 11 is 0. The van der Waals surface area contributed by atoms with Crippen LogP contribution in [-0.4, -0.2) is 14.6 Å². The molecule has 5 nitrogen and oxygen atoms in total. The number of rotatable bonds is 3. The summed E-state index contributed by atoms with van der Waals surface area (Å²) in [7, 11) is 0. The van der Waals surface area contributed by atoms with Gasteiger partial charge in [-0.2, -0.15) is 0 Å². The van der Waals surface area contributed by atoms with Gasteiger partial charge in [0.25, 0.3) is 0 Å². The summed E-state index contributed by atoms with van der Waals surface area (Å²) in [5.74, 6) is 0.877. The fourth-order valence-electron chi connectivity index (χ4n) is 8.34. The molecule has 1 aliphatic heterocycles. The minimum Gasteiger partial charge on any atom is -0.350 e. The zero-order valence-corrected chi connectivity index (χ0v) is 27.1. The minimum atomic E-state index is -0.188. The van der Waals surface area contributed by atoms with E-state index in [2.05, 4.69) is 183 Å². The van der Waals surface area contributed by atoms with Crippen molar-refractivity contribution in [3.05, 3.63) is 180 Å². The first-order valence-electron chi connectivity index (χ1n) is 17.2. The van der Waals surface area contributed by atoms with Gasteiger partial charge in [0.05, 0.1) is 33.1 Å². The summed E-state index contributed by atoms with van der Waals surface area (Å²) in [5, 5.41) is 14.9. The van der Waals surface area contributed by atoms with Crippen LogP contribution < -0.4 is 10.6 Å². The van der Waals surface area contributed by atoms with E-state index >= 15 is 0 Å². The van der Waals surface area contributed by atoms with Crippen molar-refractivity contribution in [3.63, 3.8) is 0 Å². The smallest absolute Gasteiger partial charge is 0.131 e. The zero-order valence-electron chi connectivity index (χ0n) is 27.1. The Morgan fingerprint density at radius 1 is 0.420 bits per heavy atom. The Kier molecular flexibility index (Phi) is 5.80. The number of nitrogens with one attached hydrogen (secondary N) is 2. The molecule has 0 aliphatic carbocycles. The van der Waals surface area contributed by atoms with E-state index in [4.69, 9.17) is 4.99 Å². The second-order valence-corrected chi connectivity index (χ2v) is 13.3. The SMILES string of the molecule is c1ccc(C2N=C(c3ccc4c(c3)c3cccc5c6cccc7c8ccccc8n(c8ccccc8n4c35)c76)NC(c3ccccc3)N2)cc1. The van der Waals surface area contributed by atoms with Gasteiger partial charge in [-0.3, -0.25) is 5.32 Å². The van der Waals surface area contributed by atoms with Gasteiger partial charge in [-0.1, -0.05) is 127 Å². The summed E-state index contributed by atoms with van der Waals surface area (Å²) in [6, 6.07) is 59.0. The third-order valence-electron chi connectivity index (χ3n) is 10.5. The number of fused-ring (bicyclic) bond motifs is 10. The molecule has 2 unspecified atom stereocenters. The Hall–Kier alpha value is -6.43. The predicted molar refractivity (Wildman–Crippen MR) is 207 cm³/mol. The van der Waals surface area contributed by atoms with E-state index in [1.165, 1.54) is 65.5 Å². The summed E-state index contributed by atoms with van der Waals surface area (Å²) in [6.07, 6.45) is -0.281. The van der Waals surface area contributed by atoms with Gasteiger partial charge in [-0.15, -0.1) is 0 Å². The maximum atomic E-state index is 5.27. The quantitative estimate of drug-likeness (QED) is 0.202. The third kappa shape index (κ3) is 3.89. The van der Waals surface area contributed by atoms with E-state index in [0.717, 1.165) is 22.5 Å². The largest absolute Gasteiger partial charge is 0.350 e. The van der Waals surface area contributed by atoms with E-state index in [-0.39, 0.29) is 12.3 Å². The Morgan fingerprint density at radius 3 is 1.58 bits per heavy atom. The monoisotopic (exact) mass is 641 g/mol. The van der Waals surface area contributed by atoms with Gasteiger partial charge < -0.3 is 14.1 Å². The highest BCUT2D eigenvalue weighted by molar-refractivity contribution is 6.25. The highest BCUT2D eigenvalue weighted by atomic mass is 15.3. The first kappa shape index (κ1) is 27.5. The molecule has 0 fully saturated rings. The molecule has 0 spiro atoms. The maximum absolute atomic E-state index is 5.27. The van der Waals surface area contributed by atoms with E-state index < -0.39 is 0 Å². The van der Waals surface area contributed by atoms with Gasteiger partial charge in [-0.25, -0.2) is 4.99 Å². The molecule has 3 aromatic heterocycles. The van der Waals surface area contributed by atoms with Crippen LogP contribution in [0.5, 0.6) is 0 Å². The number of nitrogens with zero attached hydrogens (tertiary/aromatic N) is 3. The van der Waals surface area contributed by atoms with Crippen LogP contribution in [0.15, 0.2) is 169 Å². The number of benzene rings is 7. The van der Waals surface area contributed by atoms with Gasteiger partial charge in [0.2, 0.25) is 0 Å². The van der Waals surface area contributed by atoms with Crippen LogP contribution in [0.1, 0.15) is 29.0 Å². The van der Waals surface area contributed by atoms with Crippen LogP contribution in [-0.2, 0) is 0 Å². The molecule has 0 radical (unpaired) electrons. The fourth-order valence-corrected chi connectivity index (χ4v) is 8.34. The molecule has 0 bridgehead atoms. The Morgan fingerprint density at radius 2 is 0.920 bits per heavy atom. The van der Waals surface area contributed by atoms with Crippen LogP contribution in [0.2, 0.25) is 0 Å². The molecule has 10 aromatic rings. The first-order chi connectivity index (χ1) is 24.8. The van der Waals surface area contributed by atoms with E-state index in [0.29, 0.717) is 0 Å². The molecule has 0 saturated heterocycles. The maximum Gasteiger partial charge on any atom is 0.131 e.